The maximum Gasteiger partial charge on any atom is 0.422 e. The number of benzene rings is 2. The summed E-state index contributed by atoms with van der Waals surface area (Å²) in [4.78, 5) is 24.6. The average molecular weight is 378 g/mol. The van der Waals surface area contributed by atoms with E-state index in [0.717, 1.165) is 0 Å². The van der Waals surface area contributed by atoms with Crippen LogP contribution in [0.3, 0.4) is 0 Å². The molecule has 0 aromatic heterocycles. The first-order chi connectivity index (χ1) is 12.7. The summed E-state index contributed by atoms with van der Waals surface area (Å²) in [5, 5.41) is 5.29. The fourth-order valence-electron chi connectivity index (χ4n) is 2.88. The van der Waals surface area contributed by atoms with Crippen LogP contribution in [-0.4, -0.2) is 24.6 Å². The lowest BCUT2D eigenvalue weighted by atomic mass is 9.89. The largest absolute Gasteiger partial charge is 0.482 e. The molecule has 0 fully saturated rings. The Kier molecular flexibility index (Phi) is 5.07. The summed E-state index contributed by atoms with van der Waals surface area (Å²) in [5.41, 5.74) is 2.01. The highest BCUT2D eigenvalue weighted by Crippen LogP contribution is 2.34. The van der Waals surface area contributed by atoms with Crippen LogP contribution in [0.15, 0.2) is 42.5 Å². The number of alkyl halides is 3. The number of anilines is 2. The molecule has 0 bridgehead atoms. The topological polar surface area (TPSA) is 67.4 Å². The fraction of sp³-hybridized carbons (Fsp3) is 0.263. The normalized spacial score (nSPS) is 16.3. The van der Waals surface area contributed by atoms with Crippen molar-refractivity contribution < 1.29 is 27.5 Å². The molecule has 1 aliphatic heterocycles. The lowest BCUT2D eigenvalue weighted by molar-refractivity contribution is -0.153. The van der Waals surface area contributed by atoms with Gasteiger partial charge in [0.2, 0.25) is 11.8 Å². The molecule has 1 unspecified atom stereocenters. The standard InChI is InChI=1S/C19H17F3N2O3/c1-11-6-7-15(16(8-11)27-10-19(20,21)22)24-18(26)13-9-17(25)23-14-5-3-2-4-12(13)14/h2-8,13H,9-10H2,1H3,(H,23,25)(H,24,26). The number of nitrogens with one attached hydrogen (secondary N) is 2. The van der Waals surface area contributed by atoms with Crippen molar-refractivity contribution >= 4 is 23.2 Å². The summed E-state index contributed by atoms with van der Waals surface area (Å²) in [5.74, 6) is -1.61. The second-order valence-electron chi connectivity index (χ2n) is 6.28. The molecule has 2 amide bonds. The Labute approximate surface area is 153 Å². The molecule has 2 N–H and O–H groups in total. The smallest absolute Gasteiger partial charge is 0.422 e. The van der Waals surface area contributed by atoms with Crippen LogP contribution in [0.5, 0.6) is 5.75 Å². The van der Waals surface area contributed by atoms with Gasteiger partial charge in [-0.15, -0.1) is 0 Å². The number of fused-ring (bicyclic) bond motifs is 1. The average Bonchev–Trinajstić information content (AvgIpc) is 2.60. The van der Waals surface area contributed by atoms with E-state index < -0.39 is 24.6 Å². The first kappa shape index (κ1) is 18.8. The first-order valence-electron chi connectivity index (χ1n) is 8.23. The molecule has 0 spiro atoms. The van der Waals surface area contributed by atoms with Crippen LogP contribution in [0.4, 0.5) is 24.5 Å². The van der Waals surface area contributed by atoms with E-state index in [2.05, 4.69) is 10.6 Å². The van der Waals surface area contributed by atoms with Crippen molar-refractivity contribution in [2.24, 2.45) is 0 Å². The van der Waals surface area contributed by atoms with Crippen molar-refractivity contribution in [1.82, 2.24) is 0 Å². The Hall–Kier alpha value is -3.03. The highest BCUT2D eigenvalue weighted by atomic mass is 19.4. The van der Waals surface area contributed by atoms with Gasteiger partial charge in [0.15, 0.2) is 6.61 Å². The third kappa shape index (κ3) is 4.58. The highest BCUT2D eigenvalue weighted by molar-refractivity contribution is 6.05. The minimum atomic E-state index is -4.49. The van der Waals surface area contributed by atoms with Crippen LogP contribution < -0.4 is 15.4 Å². The number of amides is 2. The summed E-state index contributed by atoms with van der Waals surface area (Å²) in [7, 11) is 0. The minimum Gasteiger partial charge on any atom is -0.482 e. The number of para-hydroxylation sites is 1. The second-order valence-corrected chi connectivity index (χ2v) is 6.28. The molecule has 1 heterocycles. The zero-order chi connectivity index (χ0) is 19.6. The van der Waals surface area contributed by atoms with Gasteiger partial charge >= 0.3 is 6.18 Å². The Morgan fingerprint density at radius 1 is 1.26 bits per heavy atom. The number of hydrogen-bond donors (Lipinski definition) is 2. The van der Waals surface area contributed by atoms with Gasteiger partial charge in [-0.2, -0.15) is 13.2 Å². The Morgan fingerprint density at radius 3 is 2.74 bits per heavy atom. The number of carbonyl (C=O) groups excluding carboxylic acids is 2. The van der Waals surface area contributed by atoms with Gasteiger partial charge in [0.05, 0.1) is 11.6 Å². The third-order valence-electron chi connectivity index (χ3n) is 4.10. The lowest BCUT2D eigenvalue weighted by Crippen LogP contribution is -2.31. The van der Waals surface area contributed by atoms with Crippen LogP contribution in [0.25, 0.3) is 0 Å². The maximum absolute atomic E-state index is 12.7. The predicted molar refractivity (Wildman–Crippen MR) is 93.8 cm³/mol. The molecule has 0 aliphatic carbocycles. The van der Waals surface area contributed by atoms with Crippen molar-refractivity contribution in [1.29, 1.82) is 0 Å². The van der Waals surface area contributed by atoms with Gasteiger partial charge in [-0.3, -0.25) is 9.59 Å². The van der Waals surface area contributed by atoms with E-state index in [0.29, 0.717) is 16.8 Å². The van der Waals surface area contributed by atoms with E-state index >= 15 is 0 Å². The number of rotatable bonds is 4. The van der Waals surface area contributed by atoms with Crippen molar-refractivity contribution in [3.8, 4) is 5.75 Å². The number of hydrogen-bond acceptors (Lipinski definition) is 3. The summed E-state index contributed by atoms with van der Waals surface area (Å²) < 4.78 is 42.3. The van der Waals surface area contributed by atoms with E-state index in [1.807, 2.05) is 0 Å². The van der Waals surface area contributed by atoms with Crippen LogP contribution in [-0.2, 0) is 9.59 Å². The molecule has 1 aliphatic rings. The monoisotopic (exact) mass is 378 g/mol. The molecule has 142 valence electrons. The molecule has 0 radical (unpaired) electrons. The molecule has 8 heteroatoms. The zero-order valence-electron chi connectivity index (χ0n) is 14.4. The van der Waals surface area contributed by atoms with E-state index in [9.17, 15) is 22.8 Å². The molecule has 27 heavy (non-hydrogen) atoms. The molecule has 5 nitrogen and oxygen atoms in total. The lowest BCUT2D eigenvalue weighted by Gasteiger charge is -2.25. The summed E-state index contributed by atoms with van der Waals surface area (Å²) in [6, 6.07) is 11.5. The van der Waals surface area contributed by atoms with E-state index in [-0.39, 0.29) is 23.8 Å². The number of halogens is 3. The molecule has 0 saturated heterocycles. The van der Waals surface area contributed by atoms with E-state index in [1.165, 1.54) is 12.1 Å². The predicted octanol–water partition coefficient (Wildman–Crippen LogP) is 4.00. The molecular weight excluding hydrogens is 361 g/mol. The van der Waals surface area contributed by atoms with Crippen LogP contribution in [0, 0.1) is 6.92 Å². The van der Waals surface area contributed by atoms with Gasteiger partial charge in [0.25, 0.3) is 0 Å². The van der Waals surface area contributed by atoms with E-state index in [4.69, 9.17) is 4.74 Å². The molecule has 2 aromatic carbocycles. The summed E-state index contributed by atoms with van der Waals surface area (Å²) in [6.45, 7) is 0.238. The summed E-state index contributed by atoms with van der Waals surface area (Å²) >= 11 is 0. The van der Waals surface area contributed by atoms with Gasteiger partial charge in [0, 0.05) is 12.1 Å². The fourth-order valence-corrected chi connectivity index (χ4v) is 2.88. The molecular formula is C19H17F3N2O3. The zero-order valence-corrected chi connectivity index (χ0v) is 14.4. The third-order valence-corrected chi connectivity index (χ3v) is 4.10. The second kappa shape index (κ2) is 7.30. The number of ether oxygens (including phenoxy) is 1. The van der Waals surface area contributed by atoms with Crippen molar-refractivity contribution in [3.05, 3.63) is 53.6 Å². The molecule has 1 atom stereocenters. The SMILES string of the molecule is Cc1ccc(NC(=O)C2CC(=O)Nc3ccccc32)c(OCC(F)(F)F)c1. The van der Waals surface area contributed by atoms with Gasteiger partial charge in [-0.1, -0.05) is 24.3 Å². The Balaban J connectivity index is 1.83. The maximum atomic E-state index is 12.7. The highest BCUT2D eigenvalue weighted by Gasteiger charge is 2.32. The first-order valence-corrected chi connectivity index (χ1v) is 8.23. The number of aryl methyl sites for hydroxylation is 1. The van der Waals surface area contributed by atoms with Gasteiger partial charge in [-0.25, -0.2) is 0 Å². The quantitative estimate of drug-likeness (QED) is 0.845. The van der Waals surface area contributed by atoms with Crippen LogP contribution in [0.2, 0.25) is 0 Å². The Morgan fingerprint density at radius 2 is 2.00 bits per heavy atom. The van der Waals surface area contributed by atoms with Gasteiger partial charge in [-0.05, 0) is 36.2 Å². The minimum absolute atomic E-state index is 0.0482. The number of carbonyl (C=O) groups is 2. The van der Waals surface area contributed by atoms with Crippen molar-refractivity contribution in [3.63, 3.8) is 0 Å². The van der Waals surface area contributed by atoms with Crippen LogP contribution >= 0.6 is 0 Å². The Bertz CT molecular complexity index is 881. The van der Waals surface area contributed by atoms with Crippen molar-refractivity contribution in [2.45, 2.75) is 25.4 Å². The van der Waals surface area contributed by atoms with E-state index in [1.54, 1.807) is 37.3 Å². The summed E-state index contributed by atoms with van der Waals surface area (Å²) in [6.07, 6.45) is -4.54. The van der Waals surface area contributed by atoms with Gasteiger partial charge in [0.1, 0.15) is 5.75 Å². The molecule has 2 aromatic rings. The van der Waals surface area contributed by atoms with Crippen molar-refractivity contribution in [2.75, 3.05) is 17.2 Å². The molecule has 0 saturated carbocycles. The molecule has 3 rings (SSSR count). The van der Waals surface area contributed by atoms with Gasteiger partial charge < -0.3 is 15.4 Å². The van der Waals surface area contributed by atoms with Crippen LogP contribution in [0.1, 0.15) is 23.5 Å².